The van der Waals surface area contributed by atoms with Crippen LogP contribution in [0.15, 0.2) is 12.1 Å². The SMILES string of the molecule is CC1CN(c2cc(F)c(C(=O)O)cc2[N+](=O)[O-])CCN1C. The lowest BCUT2D eigenvalue weighted by molar-refractivity contribution is -0.384. The Balaban J connectivity index is 2.45. The van der Waals surface area contributed by atoms with Gasteiger partial charge in [0.05, 0.1) is 4.92 Å². The summed E-state index contributed by atoms with van der Waals surface area (Å²) < 4.78 is 13.8. The lowest BCUT2D eigenvalue weighted by Crippen LogP contribution is -2.50. The van der Waals surface area contributed by atoms with Gasteiger partial charge in [-0.3, -0.25) is 10.1 Å². The molecule has 21 heavy (non-hydrogen) atoms. The number of piperazine rings is 1. The zero-order valence-corrected chi connectivity index (χ0v) is 11.7. The van der Waals surface area contributed by atoms with Crippen LogP contribution in [0, 0.1) is 15.9 Å². The summed E-state index contributed by atoms with van der Waals surface area (Å²) in [5, 5.41) is 20.0. The number of carboxylic acid groups (broad SMARTS) is 1. The molecular weight excluding hydrogens is 281 g/mol. The van der Waals surface area contributed by atoms with E-state index < -0.39 is 22.3 Å². The van der Waals surface area contributed by atoms with Gasteiger partial charge >= 0.3 is 5.97 Å². The number of carboxylic acids is 1. The third-order valence-electron chi connectivity index (χ3n) is 3.79. The second kappa shape index (κ2) is 5.65. The van der Waals surface area contributed by atoms with Gasteiger partial charge in [0, 0.05) is 37.8 Å². The first-order valence-corrected chi connectivity index (χ1v) is 6.47. The minimum absolute atomic E-state index is 0.127. The van der Waals surface area contributed by atoms with Crippen molar-refractivity contribution < 1.29 is 19.2 Å². The molecule has 1 aliphatic heterocycles. The average Bonchev–Trinajstić information content (AvgIpc) is 2.40. The van der Waals surface area contributed by atoms with Crippen molar-refractivity contribution in [3.8, 4) is 0 Å². The van der Waals surface area contributed by atoms with E-state index >= 15 is 0 Å². The van der Waals surface area contributed by atoms with E-state index in [-0.39, 0.29) is 17.4 Å². The number of hydrogen-bond acceptors (Lipinski definition) is 5. The molecule has 0 radical (unpaired) electrons. The molecule has 0 spiro atoms. The van der Waals surface area contributed by atoms with E-state index in [9.17, 15) is 19.3 Å². The minimum Gasteiger partial charge on any atom is -0.478 e. The minimum atomic E-state index is -1.52. The van der Waals surface area contributed by atoms with Crippen LogP contribution in [0.2, 0.25) is 0 Å². The molecule has 1 unspecified atom stereocenters. The van der Waals surface area contributed by atoms with Crippen LogP contribution in [0.25, 0.3) is 0 Å². The van der Waals surface area contributed by atoms with Crippen molar-refractivity contribution >= 4 is 17.3 Å². The van der Waals surface area contributed by atoms with Crippen LogP contribution in [0.3, 0.4) is 0 Å². The fourth-order valence-electron chi connectivity index (χ4n) is 2.38. The Kier molecular flexibility index (Phi) is 4.08. The summed E-state index contributed by atoms with van der Waals surface area (Å²) in [4.78, 5) is 25.2. The zero-order valence-electron chi connectivity index (χ0n) is 11.7. The Morgan fingerprint density at radius 2 is 2.14 bits per heavy atom. The number of benzene rings is 1. The van der Waals surface area contributed by atoms with E-state index in [2.05, 4.69) is 4.90 Å². The van der Waals surface area contributed by atoms with E-state index in [1.165, 1.54) is 0 Å². The summed E-state index contributed by atoms with van der Waals surface area (Å²) in [5.41, 5.74) is -0.944. The molecular formula is C13H16FN3O4. The molecule has 7 nitrogen and oxygen atoms in total. The van der Waals surface area contributed by atoms with Gasteiger partial charge in [0.15, 0.2) is 0 Å². The van der Waals surface area contributed by atoms with E-state index in [1.807, 2.05) is 14.0 Å². The molecule has 0 bridgehead atoms. The number of nitro groups is 1. The summed E-state index contributed by atoms with van der Waals surface area (Å²) in [6.45, 7) is 3.71. The standard InChI is InChI=1S/C13H16FN3O4/c1-8-7-16(4-3-15(8)2)11-6-10(14)9(13(18)19)5-12(11)17(20)21/h5-6,8H,3-4,7H2,1-2H3,(H,18,19). The van der Waals surface area contributed by atoms with Crippen LogP contribution < -0.4 is 4.90 Å². The second-order valence-corrected chi connectivity index (χ2v) is 5.16. The highest BCUT2D eigenvalue weighted by Crippen LogP contribution is 2.32. The maximum Gasteiger partial charge on any atom is 0.338 e. The molecule has 2 rings (SSSR count). The highest BCUT2D eigenvalue weighted by atomic mass is 19.1. The molecule has 1 atom stereocenters. The van der Waals surface area contributed by atoms with Crippen molar-refractivity contribution in [2.45, 2.75) is 13.0 Å². The van der Waals surface area contributed by atoms with Gasteiger partial charge in [0.25, 0.3) is 5.69 Å². The zero-order chi connectivity index (χ0) is 15.7. The summed E-state index contributed by atoms with van der Waals surface area (Å²) >= 11 is 0. The Hall–Kier alpha value is -2.22. The van der Waals surface area contributed by atoms with Gasteiger partial charge in [-0.25, -0.2) is 9.18 Å². The fourth-order valence-corrected chi connectivity index (χ4v) is 2.38. The first kappa shape index (κ1) is 15.2. The molecule has 1 aromatic rings. The number of likely N-dealkylation sites (N-methyl/N-ethyl adjacent to an activating group) is 1. The van der Waals surface area contributed by atoms with Crippen LogP contribution >= 0.6 is 0 Å². The van der Waals surface area contributed by atoms with Crippen LogP contribution in [0.5, 0.6) is 0 Å². The van der Waals surface area contributed by atoms with Gasteiger partial charge in [-0.2, -0.15) is 0 Å². The second-order valence-electron chi connectivity index (χ2n) is 5.16. The molecule has 1 aromatic carbocycles. The van der Waals surface area contributed by atoms with E-state index in [0.717, 1.165) is 12.1 Å². The first-order valence-electron chi connectivity index (χ1n) is 6.47. The van der Waals surface area contributed by atoms with Crippen molar-refractivity contribution in [3.63, 3.8) is 0 Å². The lowest BCUT2D eigenvalue weighted by Gasteiger charge is -2.38. The van der Waals surface area contributed by atoms with E-state index in [0.29, 0.717) is 19.6 Å². The van der Waals surface area contributed by atoms with Crippen molar-refractivity contribution in [2.75, 3.05) is 31.6 Å². The van der Waals surface area contributed by atoms with Gasteiger partial charge < -0.3 is 14.9 Å². The number of nitrogens with zero attached hydrogens (tertiary/aromatic N) is 3. The van der Waals surface area contributed by atoms with Gasteiger partial charge in [-0.05, 0) is 14.0 Å². The monoisotopic (exact) mass is 297 g/mol. The van der Waals surface area contributed by atoms with Gasteiger partial charge in [-0.15, -0.1) is 0 Å². The molecule has 0 amide bonds. The largest absolute Gasteiger partial charge is 0.478 e. The maximum atomic E-state index is 13.8. The van der Waals surface area contributed by atoms with Gasteiger partial charge in [0.1, 0.15) is 17.1 Å². The van der Waals surface area contributed by atoms with Crippen LogP contribution in [-0.4, -0.2) is 53.6 Å². The number of halogens is 1. The molecule has 1 fully saturated rings. The Labute approximate surface area is 120 Å². The number of nitro benzene ring substituents is 1. The summed E-state index contributed by atoms with van der Waals surface area (Å²) in [7, 11) is 1.95. The number of hydrogen-bond donors (Lipinski definition) is 1. The number of carbonyl (C=O) groups is 1. The summed E-state index contributed by atoms with van der Waals surface area (Å²) in [5.74, 6) is -2.48. The van der Waals surface area contributed by atoms with Crippen LogP contribution in [-0.2, 0) is 0 Å². The summed E-state index contributed by atoms with van der Waals surface area (Å²) in [6.07, 6.45) is 0. The number of rotatable bonds is 3. The maximum absolute atomic E-state index is 13.8. The highest BCUT2D eigenvalue weighted by molar-refractivity contribution is 5.90. The van der Waals surface area contributed by atoms with Crippen molar-refractivity contribution in [1.29, 1.82) is 0 Å². The molecule has 1 aliphatic rings. The van der Waals surface area contributed by atoms with Crippen molar-refractivity contribution in [1.82, 2.24) is 4.90 Å². The molecule has 0 saturated carbocycles. The van der Waals surface area contributed by atoms with Crippen molar-refractivity contribution in [2.24, 2.45) is 0 Å². The molecule has 1 saturated heterocycles. The topological polar surface area (TPSA) is 86.9 Å². The Bertz CT molecular complexity index is 593. The third kappa shape index (κ3) is 2.94. The molecule has 114 valence electrons. The molecule has 0 aliphatic carbocycles. The smallest absolute Gasteiger partial charge is 0.338 e. The highest BCUT2D eigenvalue weighted by Gasteiger charge is 2.29. The molecule has 1 N–H and O–H groups in total. The Morgan fingerprint density at radius 3 is 2.67 bits per heavy atom. The fraction of sp³-hybridized carbons (Fsp3) is 0.462. The van der Waals surface area contributed by atoms with Gasteiger partial charge in [-0.1, -0.05) is 0 Å². The number of aromatic carboxylic acids is 1. The summed E-state index contributed by atoms with van der Waals surface area (Å²) in [6, 6.07) is 1.90. The normalized spacial score (nSPS) is 19.6. The Morgan fingerprint density at radius 1 is 1.48 bits per heavy atom. The first-order chi connectivity index (χ1) is 9.81. The van der Waals surface area contributed by atoms with E-state index in [4.69, 9.17) is 5.11 Å². The van der Waals surface area contributed by atoms with Crippen LogP contribution in [0.1, 0.15) is 17.3 Å². The predicted molar refractivity (Wildman–Crippen MR) is 74.3 cm³/mol. The van der Waals surface area contributed by atoms with Crippen LogP contribution in [0.4, 0.5) is 15.8 Å². The molecule has 1 heterocycles. The average molecular weight is 297 g/mol. The molecule has 0 aromatic heterocycles. The third-order valence-corrected chi connectivity index (χ3v) is 3.79. The van der Waals surface area contributed by atoms with Crippen molar-refractivity contribution in [3.05, 3.63) is 33.6 Å². The quantitative estimate of drug-likeness (QED) is 0.673. The number of anilines is 1. The molecule has 8 heteroatoms. The predicted octanol–water partition coefficient (Wildman–Crippen LogP) is 1.57. The van der Waals surface area contributed by atoms with E-state index in [1.54, 1.807) is 4.90 Å². The van der Waals surface area contributed by atoms with Gasteiger partial charge in [0.2, 0.25) is 0 Å². The lowest BCUT2D eigenvalue weighted by atomic mass is 10.1.